The van der Waals surface area contributed by atoms with E-state index in [1.165, 1.54) is 12.1 Å². The van der Waals surface area contributed by atoms with E-state index in [0.29, 0.717) is 10.0 Å². The van der Waals surface area contributed by atoms with Gasteiger partial charge < -0.3 is 11.1 Å². The number of carbonyl (C=O) groups excluding carboxylic acids is 1. The van der Waals surface area contributed by atoms with E-state index < -0.39 is 11.7 Å². The molecule has 0 heterocycles. The lowest BCUT2D eigenvalue weighted by Crippen LogP contribution is -2.27. The first-order chi connectivity index (χ1) is 9.88. The molecular formula is C15H13Cl2FN2O. The van der Waals surface area contributed by atoms with E-state index in [1.54, 1.807) is 25.1 Å². The Hall–Kier alpha value is -1.78. The summed E-state index contributed by atoms with van der Waals surface area (Å²) in [7, 11) is 0. The van der Waals surface area contributed by atoms with Crippen LogP contribution in [0.15, 0.2) is 36.4 Å². The summed E-state index contributed by atoms with van der Waals surface area (Å²) in [5.74, 6) is -1.18. The van der Waals surface area contributed by atoms with Gasteiger partial charge in [0.15, 0.2) is 0 Å². The molecule has 2 rings (SSSR count). The quantitative estimate of drug-likeness (QED) is 0.830. The standard InChI is InChI=1S/C15H13Cl2FN2O/c1-8(9-2-5-12(16)13(17)6-9)20-15(21)11-4-3-10(19)7-14(11)18/h2-8H,19H2,1H3,(H,20,21). The first-order valence-electron chi connectivity index (χ1n) is 6.19. The summed E-state index contributed by atoms with van der Waals surface area (Å²) in [5, 5.41) is 3.53. The van der Waals surface area contributed by atoms with Gasteiger partial charge in [-0.3, -0.25) is 4.79 Å². The van der Waals surface area contributed by atoms with Crippen LogP contribution in [0.4, 0.5) is 10.1 Å². The molecule has 21 heavy (non-hydrogen) atoms. The summed E-state index contributed by atoms with van der Waals surface area (Å²) in [6, 6.07) is 8.64. The molecule has 0 aliphatic carbocycles. The van der Waals surface area contributed by atoms with Gasteiger partial charge in [0.1, 0.15) is 5.82 Å². The van der Waals surface area contributed by atoms with Gasteiger partial charge >= 0.3 is 0 Å². The zero-order valence-corrected chi connectivity index (χ0v) is 12.7. The monoisotopic (exact) mass is 326 g/mol. The van der Waals surface area contributed by atoms with Gasteiger partial charge in [-0.2, -0.15) is 0 Å². The predicted octanol–water partition coefficient (Wildman–Crippen LogP) is 4.21. The molecule has 0 aliphatic rings. The molecule has 110 valence electrons. The lowest BCUT2D eigenvalue weighted by molar-refractivity contribution is 0.0936. The van der Waals surface area contributed by atoms with E-state index >= 15 is 0 Å². The average molecular weight is 327 g/mol. The fourth-order valence-electron chi connectivity index (χ4n) is 1.85. The van der Waals surface area contributed by atoms with Crippen molar-refractivity contribution in [3.8, 4) is 0 Å². The molecule has 0 aromatic heterocycles. The minimum absolute atomic E-state index is 0.0592. The molecule has 2 aromatic carbocycles. The van der Waals surface area contributed by atoms with Crippen LogP contribution in [-0.2, 0) is 0 Å². The molecule has 1 unspecified atom stereocenters. The highest BCUT2D eigenvalue weighted by molar-refractivity contribution is 6.42. The van der Waals surface area contributed by atoms with Crippen LogP contribution in [0.3, 0.4) is 0 Å². The fraction of sp³-hybridized carbons (Fsp3) is 0.133. The third-order valence-corrected chi connectivity index (χ3v) is 3.77. The Morgan fingerprint density at radius 2 is 1.90 bits per heavy atom. The number of nitrogens with two attached hydrogens (primary N) is 1. The maximum atomic E-state index is 13.7. The largest absolute Gasteiger partial charge is 0.399 e. The predicted molar refractivity (Wildman–Crippen MR) is 83.2 cm³/mol. The first kappa shape index (κ1) is 15.6. The average Bonchev–Trinajstić information content (AvgIpc) is 2.41. The van der Waals surface area contributed by atoms with Crippen LogP contribution in [0.1, 0.15) is 28.9 Å². The van der Waals surface area contributed by atoms with Gasteiger partial charge in [0.2, 0.25) is 0 Å². The van der Waals surface area contributed by atoms with Crippen molar-refractivity contribution in [3.63, 3.8) is 0 Å². The molecule has 1 amide bonds. The highest BCUT2D eigenvalue weighted by Gasteiger charge is 2.15. The number of halogens is 3. The van der Waals surface area contributed by atoms with Crippen molar-refractivity contribution < 1.29 is 9.18 Å². The second kappa shape index (κ2) is 6.33. The number of nitrogen functional groups attached to an aromatic ring is 1. The zero-order chi connectivity index (χ0) is 15.6. The number of benzene rings is 2. The van der Waals surface area contributed by atoms with Gasteiger partial charge in [0.25, 0.3) is 5.91 Å². The third-order valence-electron chi connectivity index (χ3n) is 3.03. The van der Waals surface area contributed by atoms with Gasteiger partial charge in [-0.25, -0.2) is 4.39 Å². The highest BCUT2D eigenvalue weighted by atomic mass is 35.5. The lowest BCUT2D eigenvalue weighted by atomic mass is 10.1. The van der Waals surface area contributed by atoms with Crippen LogP contribution in [0.2, 0.25) is 10.0 Å². The first-order valence-corrected chi connectivity index (χ1v) is 6.95. The summed E-state index contributed by atoms with van der Waals surface area (Å²) in [6.45, 7) is 1.77. The van der Waals surface area contributed by atoms with Crippen LogP contribution >= 0.6 is 23.2 Å². The van der Waals surface area contributed by atoms with Crippen LogP contribution < -0.4 is 11.1 Å². The van der Waals surface area contributed by atoms with E-state index in [-0.39, 0.29) is 17.3 Å². The third kappa shape index (κ3) is 3.65. The molecule has 3 N–H and O–H groups in total. The second-order valence-electron chi connectivity index (χ2n) is 4.61. The van der Waals surface area contributed by atoms with Crippen LogP contribution in [-0.4, -0.2) is 5.91 Å². The Kier molecular flexibility index (Phi) is 4.70. The van der Waals surface area contributed by atoms with Gasteiger partial charge in [-0.05, 0) is 42.8 Å². The number of hydrogen-bond acceptors (Lipinski definition) is 2. The zero-order valence-electron chi connectivity index (χ0n) is 11.2. The van der Waals surface area contributed by atoms with E-state index in [9.17, 15) is 9.18 Å². The summed E-state index contributed by atoms with van der Waals surface area (Å²) in [6.07, 6.45) is 0. The molecule has 0 aliphatic heterocycles. The van der Waals surface area contributed by atoms with Gasteiger partial charge in [0, 0.05) is 5.69 Å². The van der Waals surface area contributed by atoms with Crippen molar-refractivity contribution in [2.24, 2.45) is 0 Å². The Morgan fingerprint density at radius 1 is 1.19 bits per heavy atom. The summed E-state index contributed by atoms with van der Waals surface area (Å²) in [4.78, 5) is 12.1. The number of hydrogen-bond donors (Lipinski definition) is 2. The molecule has 0 bridgehead atoms. The van der Waals surface area contributed by atoms with Crippen molar-refractivity contribution in [2.75, 3.05) is 5.73 Å². The summed E-state index contributed by atoms with van der Waals surface area (Å²) >= 11 is 11.8. The Morgan fingerprint density at radius 3 is 2.52 bits per heavy atom. The van der Waals surface area contributed by atoms with Crippen molar-refractivity contribution in [1.29, 1.82) is 0 Å². The molecule has 3 nitrogen and oxygen atoms in total. The Balaban J connectivity index is 2.16. The van der Waals surface area contributed by atoms with Crippen molar-refractivity contribution in [1.82, 2.24) is 5.32 Å². The normalized spacial score (nSPS) is 12.0. The maximum Gasteiger partial charge on any atom is 0.254 e. The van der Waals surface area contributed by atoms with E-state index in [4.69, 9.17) is 28.9 Å². The fourth-order valence-corrected chi connectivity index (χ4v) is 2.16. The number of rotatable bonds is 3. The van der Waals surface area contributed by atoms with Crippen LogP contribution in [0, 0.1) is 5.82 Å². The lowest BCUT2D eigenvalue weighted by Gasteiger charge is -2.15. The number of anilines is 1. The molecule has 1 atom stereocenters. The molecule has 0 radical (unpaired) electrons. The van der Waals surface area contributed by atoms with Crippen LogP contribution in [0.25, 0.3) is 0 Å². The van der Waals surface area contributed by atoms with Crippen LogP contribution in [0.5, 0.6) is 0 Å². The summed E-state index contributed by atoms with van der Waals surface area (Å²) < 4.78 is 13.7. The SMILES string of the molecule is CC(NC(=O)c1ccc(N)cc1F)c1ccc(Cl)c(Cl)c1. The molecule has 0 saturated carbocycles. The molecule has 6 heteroatoms. The number of amides is 1. The Labute approximate surface area is 131 Å². The highest BCUT2D eigenvalue weighted by Crippen LogP contribution is 2.25. The van der Waals surface area contributed by atoms with Gasteiger partial charge in [-0.1, -0.05) is 29.3 Å². The Bertz CT molecular complexity index is 691. The van der Waals surface area contributed by atoms with Gasteiger partial charge in [0.05, 0.1) is 21.7 Å². The minimum Gasteiger partial charge on any atom is -0.399 e. The molecule has 0 fully saturated rings. The second-order valence-corrected chi connectivity index (χ2v) is 5.42. The van der Waals surface area contributed by atoms with E-state index in [2.05, 4.69) is 5.32 Å². The van der Waals surface area contributed by atoms with Crippen molar-refractivity contribution >= 4 is 34.8 Å². The molecule has 0 saturated heterocycles. The van der Waals surface area contributed by atoms with Crippen molar-refractivity contribution in [3.05, 3.63) is 63.4 Å². The smallest absolute Gasteiger partial charge is 0.254 e. The number of carbonyl (C=O) groups is 1. The maximum absolute atomic E-state index is 13.7. The molecule has 2 aromatic rings. The van der Waals surface area contributed by atoms with E-state index in [1.807, 2.05) is 0 Å². The van der Waals surface area contributed by atoms with E-state index in [0.717, 1.165) is 11.6 Å². The minimum atomic E-state index is -0.658. The number of nitrogens with one attached hydrogen (secondary N) is 1. The summed E-state index contributed by atoms with van der Waals surface area (Å²) in [5.41, 5.74) is 6.43. The molecular weight excluding hydrogens is 314 g/mol. The topological polar surface area (TPSA) is 55.1 Å². The molecule has 0 spiro atoms. The van der Waals surface area contributed by atoms with Crippen molar-refractivity contribution in [2.45, 2.75) is 13.0 Å². The van der Waals surface area contributed by atoms with Gasteiger partial charge in [-0.15, -0.1) is 0 Å².